The van der Waals surface area contributed by atoms with E-state index < -0.39 is 29.1 Å². The Balaban J connectivity index is 1.39. The monoisotopic (exact) mass is 513 g/mol. The van der Waals surface area contributed by atoms with Crippen LogP contribution in [-0.2, 0) is 35.3 Å². The fourth-order valence-corrected chi connectivity index (χ4v) is 6.31. The number of carboxylic acid groups (broad SMARTS) is 1. The Morgan fingerprint density at radius 2 is 1.89 bits per heavy atom. The van der Waals surface area contributed by atoms with Crippen molar-refractivity contribution in [1.29, 1.82) is 0 Å². The highest BCUT2D eigenvalue weighted by Crippen LogP contribution is 2.63. The number of hydrogen-bond donors (Lipinski definition) is 1. The summed E-state index contributed by atoms with van der Waals surface area (Å²) in [6.07, 6.45) is -1.61. The molecule has 2 saturated carbocycles. The molecule has 6 nitrogen and oxygen atoms in total. The predicted molar refractivity (Wildman–Crippen MR) is 117 cm³/mol. The quantitative estimate of drug-likeness (QED) is 0.568. The molecular weight excluding hydrogens is 490 g/mol. The average molecular weight is 514 g/mol. The number of halogens is 5. The number of amides is 1. The number of alkyl halides is 3. The first-order valence-electron chi connectivity index (χ1n) is 11.5. The minimum atomic E-state index is -4.67. The number of benzene rings is 1. The molecule has 0 unspecified atom stereocenters. The number of carbonyl (C=O) groups excluding carboxylic acids is 1. The van der Waals surface area contributed by atoms with Gasteiger partial charge in [0.2, 0.25) is 5.91 Å². The zero-order valence-electron chi connectivity index (χ0n) is 18.8. The van der Waals surface area contributed by atoms with Gasteiger partial charge in [-0.1, -0.05) is 17.7 Å². The van der Waals surface area contributed by atoms with E-state index in [0.29, 0.717) is 32.1 Å². The van der Waals surface area contributed by atoms with Crippen LogP contribution in [0.3, 0.4) is 0 Å². The van der Waals surface area contributed by atoms with Gasteiger partial charge in [-0.2, -0.15) is 18.3 Å². The third-order valence-electron chi connectivity index (χ3n) is 8.06. The maximum absolute atomic E-state index is 14.4. The molecule has 0 radical (unpaired) electrons. The van der Waals surface area contributed by atoms with Crippen molar-refractivity contribution < 1.29 is 32.3 Å². The summed E-state index contributed by atoms with van der Waals surface area (Å²) in [6.45, 7) is -0.169. The number of carboxylic acids is 1. The highest BCUT2D eigenvalue weighted by Gasteiger charge is 2.58. The first kappa shape index (κ1) is 24.1. The van der Waals surface area contributed by atoms with Gasteiger partial charge in [0.1, 0.15) is 5.82 Å². The molecule has 1 aromatic heterocycles. The van der Waals surface area contributed by atoms with Gasteiger partial charge in [0.15, 0.2) is 5.69 Å². The Morgan fingerprint density at radius 1 is 1.17 bits per heavy atom. The van der Waals surface area contributed by atoms with E-state index in [1.807, 2.05) is 0 Å². The fourth-order valence-electron chi connectivity index (χ4n) is 6.15. The van der Waals surface area contributed by atoms with Crippen LogP contribution in [0.5, 0.6) is 0 Å². The van der Waals surface area contributed by atoms with Crippen LogP contribution in [0.25, 0.3) is 0 Å². The molecule has 0 saturated heterocycles. The van der Waals surface area contributed by atoms with Crippen LogP contribution < -0.4 is 0 Å². The van der Waals surface area contributed by atoms with Gasteiger partial charge in [0, 0.05) is 29.1 Å². The van der Waals surface area contributed by atoms with Gasteiger partial charge in [0.25, 0.3) is 0 Å². The minimum Gasteiger partial charge on any atom is -0.481 e. The summed E-state index contributed by atoms with van der Waals surface area (Å²) in [7, 11) is 0. The Bertz CT molecular complexity index is 1200. The number of nitrogens with zero attached hydrogens (tertiary/aromatic N) is 3. The Hall–Kier alpha value is -2.62. The third-order valence-corrected chi connectivity index (χ3v) is 8.29. The molecule has 2 fully saturated rings. The first-order valence-corrected chi connectivity index (χ1v) is 11.9. The van der Waals surface area contributed by atoms with E-state index in [2.05, 4.69) is 5.10 Å². The summed E-state index contributed by atoms with van der Waals surface area (Å²) in [5.41, 5.74) is -1.72. The second-order valence-corrected chi connectivity index (χ2v) is 10.6. The van der Waals surface area contributed by atoms with Crippen molar-refractivity contribution >= 4 is 23.5 Å². The van der Waals surface area contributed by atoms with E-state index in [1.165, 1.54) is 17.0 Å². The summed E-state index contributed by atoms with van der Waals surface area (Å²) >= 11 is 5.79. The molecule has 3 aliphatic rings. The lowest BCUT2D eigenvalue weighted by Crippen LogP contribution is -2.39. The Morgan fingerprint density at radius 3 is 2.49 bits per heavy atom. The van der Waals surface area contributed by atoms with Crippen LogP contribution in [-0.4, -0.2) is 38.2 Å². The normalized spacial score (nSPS) is 25.7. The van der Waals surface area contributed by atoms with Crippen LogP contribution in [0.15, 0.2) is 18.2 Å². The van der Waals surface area contributed by atoms with Crippen molar-refractivity contribution in [3.8, 4) is 0 Å². The molecule has 11 heteroatoms. The topological polar surface area (TPSA) is 75.4 Å². The average Bonchev–Trinajstić information content (AvgIpc) is 3.46. The van der Waals surface area contributed by atoms with Crippen molar-refractivity contribution in [2.45, 2.75) is 64.2 Å². The SMILES string of the molecule is O=C(CC12CCC(C(=O)O)(CC1)C2)N1CCc2c(C(F)(F)F)nn(Cc3ccc(Cl)cc3F)c2C1. The number of fused-ring (bicyclic) bond motifs is 3. The van der Waals surface area contributed by atoms with Crippen molar-refractivity contribution in [2.75, 3.05) is 6.54 Å². The second kappa shape index (κ2) is 8.21. The standard InChI is InChI=1S/C24H24ClF4N3O3/c25-15-2-1-14(17(26)9-15)11-32-18-12-31(8-3-16(18)20(30-32)24(27,28)29)19(33)10-22-4-6-23(13-22,7-5-22)21(34)35/h1-2,9H,3-8,10-13H2,(H,34,35). The summed E-state index contributed by atoms with van der Waals surface area (Å²) < 4.78 is 56.6. The van der Waals surface area contributed by atoms with Crippen molar-refractivity contribution in [3.05, 3.63) is 51.6 Å². The van der Waals surface area contributed by atoms with Gasteiger partial charge in [-0.05, 0) is 56.1 Å². The van der Waals surface area contributed by atoms with Gasteiger partial charge in [-0.3, -0.25) is 14.3 Å². The van der Waals surface area contributed by atoms with Gasteiger partial charge in [0.05, 0.1) is 24.2 Å². The highest BCUT2D eigenvalue weighted by atomic mass is 35.5. The molecule has 0 atom stereocenters. The molecule has 188 valence electrons. The maximum atomic E-state index is 14.4. The summed E-state index contributed by atoms with van der Waals surface area (Å²) in [4.78, 5) is 26.5. The zero-order valence-corrected chi connectivity index (χ0v) is 19.6. The number of aliphatic carboxylic acids is 1. The lowest BCUT2D eigenvalue weighted by atomic mass is 9.80. The molecule has 1 amide bonds. The summed E-state index contributed by atoms with van der Waals surface area (Å²) in [5, 5.41) is 13.6. The van der Waals surface area contributed by atoms with Crippen LogP contribution >= 0.6 is 11.6 Å². The number of hydrogen-bond acceptors (Lipinski definition) is 3. The van der Waals surface area contributed by atoms with E-state index in [1.54, 1.807) is 0 Å². The van der Waals surface area contributed by atoms with E-state index in [4.69, 9.17) is 11.6 Å². The van der Waals surface area contributed by atoms with Crippen molar-refractivity contribution in [1.82, 2.24) is 14.7 Å². The second-order valence-electron chi connectivity index (χ2n) is 10.2. The lowest BCUT2D eigenvalue weighted by molar-refractivity contribution is -0.148. The van der Waals surface area contributed by atoms with Gasteiger partial charge in [-0.25, -0.2) is 4.39 Å². The lowest BCUT2D eigenvalue weighted by Gasteiger charge is -2.32. The molecular formula is C24H24ClF4N3O3. The molecule has 2 heterocycles. The predicted octanol–water partition coefficient (Wildman–Crippen LogP) is 5.05. The third kappa shape index (κ3) is 4.19. The molecule has 1 aromatic carbocycles. The number of rotatable bonds is 5. The van der Waals surface area contributed by atoms with Crippen LogP contribution in [0.2, 0.25) is 5.02 Å². The Kier molecular flexibility index (Phi) is 5.65. The van der Waals surface area contributed by atoms with Crippen LogP contribution in [0, 0.1) is 16.6 Å². The van der Waals surface area contributed by atoms with E-state index in [-0.39, 0.29) is 65.6 Å². The molecule has 1 aliphatic heterocycles. The molecule has 2 bridgehead atoms. The van der Waals surface area contributed by atoms with Crippen LogP contribution in [0.4, 0.5) is 17.6 Å². The molecule has 5 rings (SSSR count). The maximum Gasteiger partial charge on any atom is 0.435 e. The van der Waals surface area contributed by atoms with Crippen molar-refractivity contribution in [3.63, 3.8) is 0 Å². The van der Waals surface area contributed by atoms with Crippen molar-refractivity contribution in [2.24, 2.45) is 10.8 Å². The zero-order chi connectivity index (χ0) is 25.2. The molecule has 0 spiro atoms. The summed E-state index contributed by atoms with van der Waals surface area (Å²) in [6, 6.07) is 3.95. The number of carbonyl (C=O) groups is 2. The minimum absolute atomic E-state index is 0.00885. The molecule has 1 N–H and O–H groups in total. The number of aromatic nitrogens is 2. The summed E-state index contributed by atoms with van der Waals surface area (Å²) in [5.74, 6) is -1.66. The van der Waals surface area contributed by atoms with E-state index >= 15 is 0 Å². The molecule has 35 heavy (non-hydrogen) atoms. The molecule has 2 aliphatic carbocycles. The van der Waals surface area contributed by atoms with Crippen LogP contribution in [0.1, 0.15) is 61.0 Å². The van der Waals surface area contributed by atoms with Gasteiger partial charge in [-0.15, -0.1) is 0 Å². The van der Waals surface area contributed by atoms with E-state index in [9.17, 15) is 32.3 Å². The Labute approximate surface area is 203 Å². The van der Waals surface area contributed by atoms with Gasteiger partial charge < -0.3 is 10.0 Å². The first-order chi connectivity index (χ1) is 16.4. The highest BCUT2D eigenvalue weighted by molar-refractivity contribution is 6.30. The van der Waals surface area contributed by atoms with E-state index in [0.717, 1.165) is 10.7 Å². The smallest absolute Gasteiger partial charge is 0.435 e. The molecule has 2 aromatic rings. The van der Waals surface area contributed by atoms with Gasteiger partial charge >= 0.3 is 12.1 Å². The largest absolute Gasteiger partial charge is 0.481 e. The fraction of sp³-hybridized carbons (Fsp3) is 0.542.